The second-order valence-electron chi connectivity index (χ2n) is 2.92. The predicted molar refractivity (Wildman–Crippen MR) is 56.0 cm³/mol. The van der Waals surface area contributed by atoms with Crippen LogP contribution in [0.4, 0.5) is 0 Å². The first kappa shape index (κ1) is 9.45. The Labute approximate surface area is 86.8 Å². The van der Waals surface area contributed by atoms with Crippen molar-refractivity contribution in [2.24, 2.45) is 0 Å². The quantitative estimate of drug-likeness (QED) is 0.607. The van der Waals surface area contributed by atoms with Crippen LogP contribution in [0, 0.1) is 0 Å². The number of rotatable bonds is 1. The van der Waals surface area contributed by atoms with E-state index in [9.17, 15) is 0 Å². The summed E-state index contributed by atoms with van der Waals surface area (Å²) >= 11 is 0. The highest BCUT2D eigenvalue weighted by Crippen LogP contribution is 2.24. The van der Waals surface area contributed by atoms with E-state index in [0.29, 0.717) is 0 Å². The maximum absolute atomic E-state index is 5.13. The van der Waals surface area contributed by atoms with Crippen molar-refractivity contribution in [1.29, 1.82) is 0 Å². The van der Waals surface area contributed by atoms with E-state index in [1.165, 1.54) is 18.1 Å². The first-order chi connectivity index (χ1) is 7.40. The van der Waals surface area contributed by atoms with E-state index >= 15 is 0 Å². The molecule has 0 spiro atoms. The lowest BCUT2D eigenvalue weighted by atomic mass is 10.1. The SMILES string of the molecule is COc1cc2ccc1cc2.c1ncon1. The maximum atomic E-state index is 5.13. The van der Waals surface area contributed by atoms with Crippen molar-refractivity contribution in [2.45, 2.75) is 0 Å². The van der Waals surface area contributed by atoms with Gasteiger partial charge in [-0.05, 0) is 11.5 Å². The van der Waals surface area contributed by atoms with E-state index in [2.05, 4.69) is 38.9 Å². The van der Waals surface area contributed by atoms with Gasteiger partial charge in [0.2, 0.25) is 6.39 Å². The molecule has 0 aliphatic heterocycles. The Balaban J connectivity index is 0.000000144. The van der Waals surface area contributed by atoms with E-state index in [-0.39, 0.29) is 0 Å². The van der Waals surface area contributed by atoms with E-state index in [1.54, 1.807) is 7.11 Å². The average molecular weight is 202 g/mol. The standard InChI is InChI=1S/C9H8O.C2H2N2O/c1-10-9-6-7-2-4-8(9)5-3-7;1-3-2-5-4-1/h2-6H,1H3;1-2H. The van der Waals surface area contributed by atoms with Crippen LogP contribution in [-0.4, -0.2) is 17.3 Å². The lowest BCUT2D eigenvalue weighted by Crippen LogP contribution is -1.84. The summed E-state index contributed by atoms with van der Waals surface area (Å²) in [5.74, 6) is 0.972. The summed E-state index contributed by atoms with van der Waals surface area (Å²) in [4.78, 5) is 3.44. The molecule has 0 amide bonds. The van der Waals surface area contributed by atoms with Gasteiger partial charge in [-0.2, -0.15) is 0 Å². The second-order valence-corrected chi connectivity index (χ2v) is 2.92. The van der Waals surface area contributed by atoms with Crippen LogP contribution >= 0.6 is 0 Å². The van der Waals surface area contributed by atoms with Crippen molar-refractivity contribution in [3.8, 4) is 5.75 Å². The summed E-state index contributed by atoms with van der Waals surface area (Å²) in [5.41, 5.74) is 0. The molecule has 1 aromatic heterocycles. The van der Waals surface area contributed by atoms with Gasteiger partial charge in [-0.15, -0.1) is 0 Å². The van der Waals surface area contributed by atoms with E-state index < -0.39 is 0 Å². The number of hydrogen-bond acceptors (Lipinski definition) is 4. The van der Waals surface area contributed by atoms with Gasteiger partial charge in [-0.1, -0.05) is 29.4 Å². The molecule has 0 fully saturated rings. The third-order valence-electron chi connectivity index (χ3n) is 2.00. The number of hydrogen-bond donors (Lipinski definition) is 0. The molecule has 1 heterocycles. The van der Waals surface area contributed by atoms with Crippen LogP contribution in [0.15, 0.2) is 47.6 Å². The van der Waals surface area contributed by atoms with Crippen LogP contribution < -0.4 is 4.74 Å². The predicted octanol–water partition coefficient (Wildman–Crippen LogP) is 2.36. The van der Waals surface area contributed by atoms with Crippen molar-refractivity contribution in [2.75, 3.05) is 7.11 Å². The fourth-order valence-corrected chi connectivity index (χ4v) is 1.29. The van der Waals surface area contributed by atoms with Gasteiger partial charge in [0, 0.05) is 5.39 Å². The van der Waals surface area contributed by atoms with Gasteiger partial charge in [0.05, 0.1) is 7.11 Å². The van der Waals surface area contributed by atoms with Crippen LogP contribution in [0.3, 0.4) is 0 Å². The van der Waals surface area contributed by atoms with Crippen LogP contribution in [0.25, 0.3) is 10.8 Å². The lowest BCUT2D eigenvalue weighted by molar-refractivity contribution is 0.416. The largest absolute Gasteiger partial charge is 0.496 e. The Morgan fingerprint density at radius 1 is 1.20 bits per heavy atom. The zero-order chi connectivity index (χ0) is 10.5. The molecular formula is C11H10N2O2. The maximum Gasteiger partial charge on any atom is 0.213 e. The smallest absolute Gasteiger partial charge is 0.213 e. The topological polar surface area (TPSA) is 48.2 Å². The van der Waals surface area contributed by atoms with Crippen molar-refractivity contribution in [3.63, 3.8) is 0 Å². The molecule has 4 nitrogen and oxygen atoms in total. The van der Waals surface area contributed by atoms with Gasteiger partial charge in [-0.25, -0.2) is 4.98 Å². The lowest BCUT2D eigenvalue weighted by Gasteiger charge is -2.04. The fourth-order valence-electron chi connectivity index (χ4n) is 1.29. The molecule has 3 aromatic carbocycles. The van der Waals surface area contributed by atoms with Gasteiger partial charge in [0.25, 0.3) is 0 Å². The first-order valence-electron chi connectivity index (χ1n) is 4.45. The van der Waals surface area contributed by atoms with Crippen molar-refractivity contribution in [1.82, 2.24) is 10.1 Å². The Morgan fingerprint density at radius 2 is 2.00 bits per heavy atom. The molecular weight excluding hydrogens is 192 g/mol. The number of ether oxygens (including phenoxy) is 1. The molecule has 4 rings (SSSR count). The molecule has 4 aromatic rings. The zero-order valence-electron chi connectivity index (χ0n) is 8.25. The third-order valence-corrected chi connectivity index (χ3v) is 2.00. The van der Waals surface area contributed by atoms with Crippen LogP contribution in [0.5, 0.6) is 5.75 Å². The molecule has 76 valence electrons. The Hall–Kier alpha value is -2.10. The molecule has 0 N–H and O–H groups in total. The van der Waals surface area contributed by atoms with Gasteiger partial charge >= 0.3 is 0 Å². The van der Waals surface area contributed by atoms with Crippen molar-refractivity contribution >= 4 is 10.8 Å². The van der Waals surface area contributed by atoms with E-state index in [0.717, 1.165) is 11.1 Å². The minimum Gasteiger partial charge on any atom is -0.496 e. The molecule has 0 saturated heterocycles. The number of methoxy groups -OCH3 is 1. The van der Waals surface area contributed by atoms with Crippen LogP contribution in [0.1, 0.15) is 0 Å². The molecule has 0 atom stereocenters. The highest BCUT2D eigenvalue weighted by molar-refractivity contribution is 5.76. The van der Waals surface area contributed by atoms with Gasteiger partial charge in [0.1, 0.15) is 5.75 Å². The Bertz CT molecular complexity index is 456. The van der Waals surface area contributed by atoms with Crippen molar-refractivity contribution < 1.29 is 9.26 Å². The monoisotopic (exact) mass is 202 g/mol. The molecule has 4 heteroatoms. The minimum absolute atomic E-state index is 0.972. The highest BCUT2D eigenvalue weighted by atomic mass is 16.5. The van der Waals surface area contributed by atoms with E-state index in [4.69, 9.17) is 4.74 Å². The first-order valence-corrected chi connectivity index (χ1v) is 4.45. The molecule has 2 bridgehead atoms. The van der Waals surface area contributed by atoms with Crippen LogP contribution in [-0.2, 0) is 0 Å². The van der Waals surface area contributed by atoms with Gasteiger partial charge in [0.15, 0.2) is 6.33 Å². The normalized spacial score (nSPS) is 9.67. The molecule has 0 aliphatic rings. The Morgan fingerprint density at radius 3 is 2.27 bits per heavy atom. The second kappa shape index (κ2) is 4.41. The number of fused-ring (bicyclic) bond motifs is 3. The van der Waals surface area contributed by atoms with Crippen molar-refractivity contribution in [3.05, 3.63) is 43.1 Å². The summed E-state index contributed by atoms with van der Waals surface area (Å²) in [6, 6.07) is 10.3. The molecule has 0 unspecified atom stereocenters. The average Bonchev–Trinajstić information content (AvgIpc) is 2.89. The number of benzene rings is 3. The fraction of sp³-hybridized carbons (Fsp3) is 0.0909. The highest BCUT2D eigenvalue weighted by Gasteiger charge is 1.97. The zero-order valence-corrected chi connectivity index (χ0v) is 8.25. The number of aromatic nitrogens is 2. The molecule has 0 radical (unpaired) electrons. The van der Waals surface area contributed by atoms with Gasteiger partial charge in [-0.3, -0.25) is 0 Å². The minimum atomic E-state index is 0.972. The van der Waals surface area contributed by atoms with E-state index in [1.807, 2.05) is 6.07 Å². The summed E-state index contributed by atoms with van der Waals surface area (Å²) in [6.45, 7) is 0. The summed E-state index contributed by atoms with van der Waals surface area (Å²) in [6.07, 6.45) is 2.60. The summed E-state index contributed by atoms with van der Waals surface area (Å²) in [7, 11) is 1.70. The third kappa shape index (κ3) is 2.22. The van der Waals surface area contributed by atoms with Gasteiger partial charge < -0.3 is 9.26 Å². The molecule has 15 heavy (non-hydrogen) atoms. The van der Waals surface area contributed by atoms with Crippen LogP contribution in [0.2, 0.25) is 0 Å². The number of nitrogens with zero attached hydrogens (tertiary/aromatic N) is 2. The Kier molecular flexibility index (Phi) is 2.78. The summed E-state index contributed by atoms with van der Waals surface area (Å²) < 4.78 is 9.35. The summed E-state index contributed by atoms with van der Waals surface area (Å²) in [5, 5.41) is 5.62. The molecule has 0 saturated carbocycles. The molecule has 0 aliphatic carbocycles.